The van der Waals surface area contributed by atoms with Crippen molar-refractivity contribution < 1.29 is 14.6 Å². The van der Waals surface area contributed by atoms with E-state index in [0.717, 1.165) is 16.8 Å². The Labute approximate surface area is 232 Å². The summed E-state index contributed by atoms with van der Waals surface area (Å²) in [6, 6.07) is 11.2. The number of rotatable bonds is 9. The van der Waals surface area contributed by atoms with Crippen LogP contribution in [-0.4, -0.2) is 65.7 Å². The van der Waals surface area contributed by atoms with E-state index in [4.69, 9.17) is 4.74 Å². The summed E-state index contributed by atoms with van der Waals surface area (Å²) < 4.78 is 8.65. The highest BCUT2D eigenvalue weighted by atomic mass is 16.5. The average Bonchev–Trinajstić information content (AvgIpc) is 3.57. The van der Waals surface area contributed by atoms with Crippen LogP contribution in [0, 0.1) is 13.8 Å². The molecule has 11 heteroatoms. The van der Waals surface area contributed by atoms with E-state index in [1.807, 2.05) is 45.3 Å². The van der Waals surface area contributed by atoms with Crippen LogP contribution in [0.15, 0.2) is 66.0 Å². The Kier molecular flexibility index (Phi) is 9.87. The molecule has 4 aromatic rings. The molecule has 2 atom stereocenters. The normalized spacial score (nSPS) is 16.3. The molecule has 0 saturated carbocycles. The Balaban J connectivity index is 0.000000186. The molecular formula is C29H35N7O4. The summed E-state index contributed by atoms with van der Waals surface area (Å²) in [5, 5.41) is 20.9. The van der Waals surface area contributed by atoms with Crippen LogP contribution in [-0.2, 0) is 18.4 Å². The summed E-state index contributed by atoms with van der Waals surface area (Å²) in [5.74, 6) is 1.46. The van der Waals surface area contributed by atoms with Gasteiger partial charge < -0.3 is 15.2 Å². The van der Waals surface area contributed by atoms with E-state index >= 15 is 0 Å². The molecule has 0 spiro atoms. The van der Waals surface area contributed by atoms with Gasteiger partial charge in [0.15, 0.2) is 5.75 Å². The van der Waals surface area contributed by atoms with Gasteiger partial charge in [0.25, 0.3) is 5.56 Å². The third-order valence-corrected chi connectivity index (χ3v) is 6.37. The molecule has 2 N–H and O–H groups in total. The number of β-amino-alcohol motifs (C(OH)–C–C–N with tert-alkyl or cyclic N) is 1. The molecule has 1 aromatic carbocycles. The molecule has 1 saturated heterocycles. The standard InChI is InChI=1S/C16H16N4O.C13H19N3O3/c1-12-4-3-5-13(8-12)10-20-16(21)7-6-15(18-20)14-9-17-19(2)11-14;1-9-14-7-11(8-15-9)19-4-2-3-13(18)12-5-10(17)6-16-12/h3-9,11H,10H2,1-2H3;7-8,10,12,16-17H,2-6H2,1H3/t;10-,12+/m.1/s1. The largest absolute Gasteiger partial charge is 0.490 e. The summed E-state index contributed by atoms with van der Waals surface area (Å²) in [4.78, 5) is 31.8. The molecule has 5 rings (SSSR count). The maximum atomic E-state index is 12.0. The minimum absolute atomic E-state index is 0.107. The molecule has 0 bridgehead atoms. The van der Waals surface area contributed by atoms with Crippen molar-refractivity contribution >= 4 is 5.78 Å². The quantitative estimate of drug-likeness (QED) is 0.303. The van der Waals surface area contributed by atoms with Crippen LogP contribution in [0.5, 0.6) is 5.75 Å². The third-order valence-electron chi connectivity index (χ3n) is 6.37. The predicted octanol–water partition coefficient (Wildman–Crippen LogP) is 2.24. The van der Waals surface area contributed by atoms with Crippen molar-refractivity contribution in [3.63, 3.8) is 0 Å². The van der Waals surface area contributed by atoms with Crippen LogP contribution < -0.4 is 15.6 Å². The van der Waals surface area contributed by atoms with Gasteiger partial charge in [-0.15, -0.1) is 0 Å². The van der Waals surface area contributed by atoms with Crippen molar-refractivity contribution in [3.05, 3.63) is 88.5 Å². The van der Waals surface area contributed by atoms with Gasteiger partial charge >= 0.3 is 0 Å². The number of nitrogens with one attached hydrogen (secondary N) is 1. The van der Waals surface area contributed by atoms with Gasteiger partial charge in [-0.1, -0.05) is 29.8 Å². The third kappa shape index (κ3) is 8.39. The van der Waals surface area contributed by atoms with Crippen molar-refractivity contribution in [1.82, 2.24) is 34.8 Å². The number of aryl methyl sites for hydroxylation is 3. The molecule has 40 heavy (non-hydrogen) atoms. The van der Waals surface area contributed by atoms with Crippen LogP contribution in [0.4, 0.5) is 0 Å². The highest BCUT2D eigenvalue weighted by molar-refractivity contribution is 5.84. The lowest BCUT2D eigenvalue weighted by molar-refractivity contribution is -0.121. The Morgan fingerprint density at radius 3 is 2.62 bits per heavy atom. The number of carbonyl (C=O) groups is 1. The number of ether oxygens (including phenoxy) is 1. The van der Waals surface area contributed by atoms with Crippen LogP contribution in [0.2, 0.25) is 0 Å². The van der Waals surface area contributed by atoms with Crippen molar-refractivity contribution in [2.24, 2.45) is 7.05 Å². The van der Waals surface area contributed by atoms with E-state index in [9.17, 15) is 14.7 Å². The number of aromatic nitrogens is 6. The predicted molar refractivity (Wildman–Crippen MR) is 150 cm³/mol. The molecule has 1 aliphatic rings. The zero-order chi connectivity index (χ0) is 28.5. The molecule has 0 radical (unpaired) electrons. The van der Waals surface area contributed by atoms with Gasteiger partial charge in [0.2, 0.25) is 0 Å². The van der Waals surface area contributed by atoms with Crippen LogP contribution in [0.3, 0.4) is 0 Å². The topological polar surface area (TPSA) is 137 Å². The highest BCUT2D eigenvalue weighted by Gasteiger charge is 2.27. The minimum atomic E-state index is -0.394. The van der Waals surface area contributed by atoms with Crippen molar-refractivity contribution in [1.29, 1.82) is 0 Å². The summed E-state index contributed by atoms with van der Waals surface area (Å²) in [7, 11) is 1.85. The number of aliphatic hydroxyl groups excluding tert-OH is 1. The Bertz CT molecular complexity index is 1470. The fourth-order valence-corrected chi connectivity index (χ4v) is 4.28. The average molecular weight is 546 g/mol. The number of benzene rings is 1. The van der Waals surface area contributed by atoms with E-state index in [-0.39, 0.29) is 17.4 Å². The summed E-state index contributed by atoms with van der Waals surface area (Å²) >= 11 is 0. The lowest BCUT2D eigenvalue weighted by Gasteiger charge is -2.09. The summed E-state index contributed by atoms with van der Waals surface area (Å²) in [6.45, 7) is 5.28. The zero-order valence-corrected chi connectivity index (χ0v) is 23.0. The second kappa shape index (κ2) is 13.7. The van der Waals surface area contributed by atoms with E-state index < -0.39 is 6.10 Å². The van der Waals surface area contributed by atoms with Crippen molar-refractivity contribution in [2.45, 2.75) is 51.8 Å². The molecule has 0 amide bonds. The smallest absolute Gasteiger partial charge is 0.267 e. The van der Waals surface area contributed by atoms with E-state index in [1.54, 1.807) is 35.4 Å². The van der Waals surface area contributed by atoms with Gasteiger partial charge in [0, 0.05) is 37.8 Å². The summed E-state index contributed by atoms with van der Waals surface area (Å²) in [5.41, 5.74) is 3.77. The SMILES string of the molecule is Cc1cccc(Cn2nc(-c3cnn(C)c3)ccc2=O)c1.Cc1ncc(OCCCC(=O)[C@@H]2C[C@@H](O)CN2)cn1. The first kappa shape index (κ1) is 28.8. The monoisotopic (exact) mass is 545 g/mol. The molecule has 3 aromatic heterocycles. The Morgan fingerprint density at radius 1 is 1.15 bits per heavy atom. The number of Topliss-reactive ketones (excluding diaryl/α,β-unsaturated/α-hetero) is 1. The fraction of sp³-hybridized carbons (Fsp3) is 0.379. The Hall–Kier alpha value is -4.22. The number of hydrogen-bond acceptors (Lipinski definition) is 9. The van der Waals surface area contributed by atoms with Gasteiger partial charge in [0.05, 0.1) is 49.6 Å². The number of nitrogens with zero attached hydrogens (tertiary/aromatic N) is 6. The lowest BCUT2D eigenvalue weighted by Crippen LogP contribution is -2.30. The number of aliphatic hydroxyl groups is 1. The van der Waals surface area contributed by atoms with Gasteiger partial charge in [-0.3, -0.25) is 14.3 Å². The van der Waals surface area contributed by atoms with E-state index in [0.29, 0.717) is 50.5 Å². The second-order valence-electron chi connectivity index (χ2n) is 9.84. The molecule has 210 valence electrons. The van der Waals surface area contributed by atoms with Crippen LogP contribution in [0.25, 0.3) is 11.3 Å². The van der Waals surface area contributed by atoms with Crippen molar-refractivity contribution in [3.8, 4) is 17.0 Å². The zero-order valence-electron chi connectivity index (χ0n) is 23.0. The minimum Gasteiger partial charge on any atom is -0.490 e. The van der Waals surface area contributed by atoms with Gasteiger partial charge in [-0.05, 0) is 38.3 Å². The van der Waals surface area contributed by atoms with Gasteiger partial charge in [-0.25, -0.2) is 14.6 Å². The maximum Gasteiger partial charge on any atom is 0.267 e. The molecule has 0 unspecified atom stereocenters. The van der Waals surface area contributed by atoms with Gasteiger partial charge in [-0.2, -0.15) is 10.2 Å². The van der Waals surface area contributed by atoms with Crippen LogP contribution in [0.1, 0.15) is 36.2 Å². The van der Waals surface area contributed by atoms with Gasteiger partial charge in [0.1, 0.15) is 11.6 Å². The summed E-state index contributed by atoms with van der Waals surface area (Å²) in [6.07, 6.45) is 8.10. The highest BCUT2D eigenvalue weighted by Crippen LogP contribution is 2.14. The molecule has 0 aliphatic carbocycles. The first-order valence-corrected chi connectivity index (χ1v) is 13.2. The Morgan fingerprint density at radius 2 is 1.95 bits per heavy atom. The first-order chi connectivity index (χ1) is 19.3. The van der Waals surface area contributed by atoms with E-state index in [2.05, 4.69) is 31.5 Å². The van der Waals surface area contributed by atoms with Crippen molar-refractivity contribution in [2.75, 3.05) is 13.2 Å². The fourth-order valence-electron chi connectivity index (χ4n) is 4.28. The number of ketones is 1. The molecule has 1 aliphatic heterocycles. The molecule has 1 fully saturated rings. The molecule has 4 heterocycles. The maximum absolute atomic E-state index is 12.0. The first-order valence-electron chi connectivity index (χ1n) is 13.2. The number of hydrogen-bond donors (Lipinski definition) is 2. The van der Waals surface area contributed by atoms with Crippen LogP contribution >= 0.6 is 0 Å². The van der Waals surface area contributed by atoms with E-state index in [1.165, 1.54) is 10.2 Å². The number of carbonyl (C=O) groups excluding carboxylic acids is 1. The lowest BCUT2D eigenvalue weighted by atomic mass is 10.1. The second-order valence-corrected chi connectivity index (χ2v) is 9.84. The molecular weight excluding hydrogens is 510 g/mol. The molecule has 11 nitrogen and oxygen atoms in total.